The normalized spacial score (nSPS) is 19.7. The average molecular weight is 320 g/mol. The van der Waals surface area contributed by atoms with Gasteiger partial charge in [-0.15, -0.1) is 5.10 Å². The van der Waals surface area contributed by atoms with Gasteiger partial charge < -0.3 is 0 Å². The summed E-state index contributed by atoms with van der Waals surface area (Å²) in [5.74, 6) is 0.742. The number of nitrogens with zero attached hydrogens (tertiary/aromatic N) is 6. The summed E-state index contributed by atoms with van der Waals surface area (Å²) in [6.07, 6.45) is 4.36. The van der Waals surface area contributed by atoms with Gasteiger partial charge >= 0.3 is 0 Å². The molecule has 5 rings (SSSR count). The summed E-state index contributed by atoms with van der Waals surface area (Å²) in [6, 6.07) is 11.5. The molecule has 0 N–H and O–H groups in total. The molecular formula is C17H13FN6. The van der Waals surface area contributed by atoms with Gasteiger partial charge in [-0.1, -0.05) is 30.3 Å². The van der Waals surface area contributed by atoms with Gasteiger partial charge in [-0.2, -0.15) is 14.8 Å². The third-order valence-corrected chi connectivity index (χ3v) is 4.39. The minimum absolute atomic E-state index is 0.138. The van der Waals surface area contributed by atoms with Gasteiger partial charge in [-0.25, -0.2) is 9.07 Å². The third kappa shape index (κ3) is 1.87. The summed E-state index contributed by atoms with van der Waals surface area (Å²) in [6.45, 7) is 0. The highest BCUT2D eigenvalue weighted by Gasteiger charge is 2.35. The predicted molar refractivity (Wildman–Crippen MR) is 85.5 cm³/mol. The van der Waals surface area contributed by atoms with Crippen molar-refractivity contribution in [2.75, 3.05) is 0 Å². The zero-order chi connectivity index (χ0) is 16.1. The molecular weight excluding hydrogens is 307 g/mol. The highest BCUT2D eigenvalue weighted by Crippen LogP contribution is 2.39. The maximum Gasteiger partial charge on any atom is 0.270 e. The number of hydrogen-bond acceptors (Lipinski definition) is 4. The van der Waals surface area contributed by atoms with Crippen molar-refractivity contribution in [3.8, 4) is 5.95 Å². The number of rotatable bonds is 2. The van der Waals surface area contributed by atoms with Crippen molar-refractivity contribution in [3.05, 3.63) is 66.4 Å². The van der Waals surface area contributed by atoms with Crippen molar-refractivity contribution in [1.82, 2.24) is 29.5 Å². The monoisotopic (exact) mass is 320 g/mol. The van der Waals surface area contributed by atoms with Gasteiger partial charge in [0.1, 0.15) is 0 Å². The van der Waals surface area contributed by atoms with Crippen LogP contribution in [0.15, 0.2) is 55.0 Å². The number of fused-ring (bicyclic) bond motifs is 2. The van der Waals surface area contributed by atoms with E-state index in [1.807, 2.05) is 36.4 Å². The van der Waals surface area contributed by atoms with E-state index in [9.17, 15) is 4.39 Å². The molecule has 0 spiro atoms. The second kappa shape index (κ2) is 4.95. The Morgan fingerprint density at radius 2 is 1.96 bits per heavy atom. The van der Waals surface area contributed by atoms with Crippen LogP contribution in [0.5, 0.6) is 0 Å². The molecule has 2 unspecified atom stereocenters. The van der Waals surface area contributed by atoms with E-state index in [1.165, 1.54) is 0 Å². The quantitative estimate of drug-likeness (QED) is 0.569. The van der Waals surface area contributed by atoms with Crippen LogP contribution in [-0.2, 0) is 0 Å². The maximum atomic E-state index is 14.5. The van der Waals surface area contributed by atoms with E-state index in [1.54, 1.807) is 28.0 Å². The van der Waals surface area contributed by atoms with Gasteiger partial charge in [-0.05, 0) is 11.6 Å². The molecule has 1 aromatic carbocycles. The Balaban J connectivity index is 1.63. The second-order valence-electron chi connectivity index (χ2n) is 5.84. The zero-order valence-electron chi connectivity index (χ0n) is 12.6. The first-order chi connectivity index (χ1) is 11.8. The van der Waals surface area contributed by atoms with E-state index in [4.69, 9.17) is 0 Å². The molecule has 0 bridgehead atoms. The lowest BCUT2D eigenvalue weighted by atomic mass is 10.0. The molecule has 0 saturated carbocycles. The Morgan fingerprint density at radius 1 is 1.08 bits per heavy atom. The van der Waals surface area contributed by atoms with E-state index in [2.05, 4.69) is 20.2 Å². The van der Waals surface area contributed by atoms with Crippen molar-refractivity contribution in [2.45, 2.75) is 18.6 Å². The van der Waals surface area contributed by atoms with Crippen LogP contribution in [-0.4, -0.2) is 29.5 Å². The van der Waals surface area contributed by atoms with Crippen LogP contribution in [0.25, 0.3) is 16.9 Å². The van der Waals surface area contributed by atoms with Crippen molar-refractivity contribution < 1.29 is 4.39 Å². The molecule has 24 heavy (non-hydrogen) atoms. The lowest BCUT2D eigenvalue weighted by Crippen LogP contribution is -2.08. The number of halogens is 1. The van der Waals surface area contributed by atoms with Crippen LogP contribution < -0.4 is 0 Å². The lowest BCUT2D eigenvalue weighted by molar-refractivity contribution is 0.328. The molecule has 0 amide bonds. The molecule has 0 radical (unpaired) electrons. The highest BCUT2D eigenvalue weighted by atomic mass is 19.1. The Morgan fingerprint density at radius 3 is 2.83 bits per heavy atom. The first kappa shape index (κ1) is 13.4. The molecule has 0 aliphatic carbocycles. The van der Waals surface area contributed by atoms with Gasteiger partial charge in [0.2, 0.25) is 0 Å². The van der Waals surface area contributed by atoms with Crippen LogP contribution >= 0.6 is 0 Å². The molecule has 3 aromatic heterocycles. The maximum absolute atomic E-state index is 14.5. The minimum Gasteiger partial charge on any atom is -0.264 e. The van der Waals surface area contributed by atoms with E-state index < -0.39 is 6.17 Å². The Labute approximate surface area is 136 Å². The fourth-order valence-electron chi connectivity index (χ4n) is 3.24. The van der Waals surface area contributed by atoms with Crippen LogP contribution in [0.3, 0.4) is 0 Å². The van der Waals surface area contributed by atoms with Gasteiger partial charge in [0.15, 0.2) is 12.0 Å². The van der Waals surface area contributed by atoms with Crippen molar-refractivity contribution in [3.63, 3.8) is 0 Å². The summed E-state index contributed by atoms with van der Waals surface area (Å²) in [5.41, 5.74) is 1.88. The predicted octanol–water partition coefficient (Wildman–Crippen LogP) is 3.02. The number of aromatic nitrogens is 6. The Bertz CT molecular complexity index is 1020. The largest absolute Gasteiger partial charge is 0.270 e. The van der Waals surface area contributed by atoms with Crippen LogP contribution in [0.4, 0.5) is 4.39 Å². The number of pyridine rings is 1. The first-order valence-corrected chi connectivity index (χ1v) is 7.75. The summed E-state index contributed by atoms with van der Waals surface area (Å²) in [5, 5.41) is 9.75. The number of benzene rings is 1. The van der Waals surface area contributed by atoms with Gasteiger partial charge in [0, 0.05) is 24.2 Å². The van der Waals surface area contributed by atoms with Gasteiger partial charge in [0.05, 0.1) is 17.8 Å². The summed E-state index contributed by atoms with van der Waals surface area (Å²) >= 11 is 0. The SMILES string of the molecule is FC1CC(c2ccccc2)n2nc(-n3ncc4cnccc43)nc21. The number of alkyl halides is 1. The van der Waals surface area contributed by atoms with Crippen molar-refractivity contribution in [2.24, 2.45) is 0 Å². The van der Waals surface area contributed by atoms with Gasteiger partial charge in [-0.3, -0.25) is 4.98 Å². The summed E-state index contributed by atoms with van der Waals surface area (Å²) in [4.78, 5) is 8.47. The highest BCUT2D eigenvalue weighted by molar-refractivity contribution is 5.78. The molecule has 0 saturated heterocycles. The van der Waals surface area contributed by atoms with E-state index >= 15 is 0 Å². The van der Waals surface area contributed by atoms with Crippen LogP contribution in [0.1, 0.15) is 30.0 Å². The zero-order valence-corrected chi connectivity index (χ0v) is 12.6. The van der Waals surface area contributed by atoms with E-state index in [0.717, 1.165) is 16.5 Å². The summed E-state index contributed by atoms with van der Waals surface area (Å²) < 4.78 is 17.8. The Kier molecular flexibility index (Phi) is 2.76. The molecule has 118 valence electrons. The molecule has 7 heteroatoms. The van der Waals surface area contributed by atoms with Gasteiger partial charge in [0.25, 0.3) is 5.95 Å². The summed E-state index contributed by atoms with van der Waals surface area (Å²) in [7, 11) is 0. The molecule has 1 aliphatic rings. The van der Waals surface area contributed by atoms with Crippen LogP contribution in [0, 0.1) is 0 Å². The number of hydrogen-bond donors (Lipinski definition) is 0. The van der Waals surface area contributed by atoms with Crippen molar-refractivity contribution in [1.29, 1.82) is 0 Å². The molecule has 4 aromatic rings. The molecule has 0 fully saturated rings. The standard InChI is InChI=1S/C17H13FN6/c18-13-8-15(11-4-2-1-3-5-11)23-16(13)21-17(22-23)24-14-6-7-19-9-12(14)10-20-24/h1-7,9-10,13,15H,8H2. The van der Waals surface area contributed by atoms with Crippen LogP contribution in [0.2, 0.25) is 0 Å². The Hall–Kier alpha value is -3.09. The molecule has 6 nitrogen and oxygen atoms in total. The van der Waals surface area contributed by atoms with E-state index in [0.29, 0.717) is 18.2 Å². The fourth-order valence-corrected chi connectivity index (χ4v) is 3.24. The molecule has 4 heterocycles. The van der Waals surface area contributed by atoms with Crippen molar-refractivity contribution >= 4 is 10.9 Å². The second-order valence-corrected chi connectivity index (χ2v) is 5.84. The van der Waals surface area contributed by atoms with E-state index in [-0.39, 0.29) is 6.04 Å². The third-order valence-electron chi connectivity index (χ3n) is 4.39. The molecule has 2 atom stereocenters. The average Bonchev–Trinajstić information content (AvgIpc) is 3.30. The molecule has 1 aliphatic heterocycles. The fraction of sp³-hybridized carbons (Fsp3) is 0.176. The minimum atomic E-state index is -1.13. The topological polar surface area (TPSA) is 61.4 Å². The smallest absolute Gasteiger partial charge is 0.264 e. The first-order valence-electron chi connectivity index (χ1n) is 7.75. The lowest BCUT2D eigenvalue weighted by Gasteiger charge is -2.11.